The Bertz CT molecular complexity index is 639. The molecular weight excluding hydrogens is 258 g/mol. The summed E-state index contributed by atoms with van der Waals surface area (Å²) in [4.78, 5) is 20.2. The van der Waals surface area contributed by atoms with Gasteiger partial charge in [-0.2, -0.15) is 0 Å². The van der Waals surface area contributed by atoms with Crippen LogP contribution in [-0.2, 0) is 0 Å². The lowest BCUT2D eigenvalue weighted by Gasteiger charge is -2.29. The van der Waals surface area contributed by atoms with Crippen LogP contribution in [0.4, 0.5) is 11.6 Å². The minimum Gasteiger partial charge on any atom is -0.352 e. The number of nitrogens with zero attached hydrogens (tertiary/aromatic N) is 3. The number of hydrogen-bond donors (Lipinski definition) is 2. The van der Waals surface area contributed by atoms with Crippen molar-refractivity contribution in [2.24, 2.45) is 0 Å². The van der Waals surface area contributed by atoms with Crippen molar-refractivity contribution in [3.05, 3.63) is 28.3 Å². The average molecular weight is 275 g/mol. The maximum atomic E-state index is 10.8. The Hall–Kier alpha value is -2.15. The van der Waals surface area contributed by atoms with Gasteiger partial charge in [0.2, 0.25) is 5.95 Å². The number of non-ortho nitro benzene ring substituents is 1. The van der Waals surface area contributed by atoms with Crippen molar-refractivity contribution in [2.75, 3.05) is 25.5 Å². The van der Waals surface area contributed by atoms with E-state index in [9.17, 15) is 10.1 Å². The fourth-order valence-electron chi connectivity index (χ4n) is 2.66. The third kappa shape index (κ3) is 2.57. The van der Waals surface area contributed by atoms with Gasteiger partial charge in [0.15, 0.2) is 0 Å². The van der Waals surface area contributed by atoms with Crippen LogP contribution in [0, 0.1) is 10.1 Å². The van der Waals surface area contributed by atoms with Crippen LogP contribution in [0.25, 0.3) is 11.0 Å². The molecule has 1 aromatic heterocycles. The van der Waals surface area contributed by atoms with E-state index in [0.29, 0.717) is 17.5 Å². The second-order valence-electron chi connectivity index (χ2n) is 5.29. The smallest absolute Gasteiger partial charge is 0.271 e. The molecule has 1 saturated heterocycles. The van der Waals surface area contributed by atoms with Gasteiger partial charge in [-0.05, 0) is 32.5 Å². The first-order valence-corrected chi connectivity index (χ1v) is 6.71. The molecule has 1 aliphatic heterocycles. The van der Waals surface area contributed by atoms with E-state index in [4.69, 9.17) is 0 Å². The van der Waals surface area contributed by atoms with Gasteiger partial charge in [-0.1, -0.05) is 0 Å². The molecule has 1 atom stereocenters. The lowest BCUT2D eigenvalue weighted by molar-refractivity contribution is -0.384. The summed E-state index contributed by atoms with van der Waals surface area (Å²) in [6.45, 7) is 2.11. The van der Waals surface area contributed by atoms with Gasteiger partial charge in [-0.15, -0.1) is 0 Å². The Kier molecular flexibility index (Phi) is 3.27. The summed E-state index contributed by atoms with van der Waals surface area (Å²) >= 11 is 0. The van der Waals surface area contributed by atoms with Gasteiger partial charge in [-0.3, -0.25) is 10.1 Å². The van der Waals surface area contributed by atoms with Crippen molar-refractivity contribution in [1.29, 1.82) is 0 Å². The minimum absolute atomic E-state index is 0.0742. The normalized spacial score (nSPS) is 20.1. The van der Waals surface area contributed by atoms with E-state index in [1.54, 1.807) is 6.07 Å². The number of benzene rings is 1. The number of aromatic nitrogens is 2. The van der Waals surface area contributed by atoms with Crippen LogP contribution >= 0.6 is 0 Å². The molecule has 2 N–H and O–H groups in total. The molecule has 0 spiro atoms. The average Bonchev–Trinajstić information content (AvgIpc) is 2.79. The number of anilines is 1. The van der Waals surface area contributed by atoms with Gasteiger partial charge >= 0.3 is 0 Å². The molecule has 1 unspecified atom stereocenters. The topological polar surface area (TPSA) is 87.1 Å². The van der Waals surface area contributed by atoms with Crippen LogP contribution in [0.1, 0.15) is 12.8 Å². The second-order valence-corrected chi connectivity index (χ2v) is 5.29. The first kappa shape index (κ1) is 12.9. The lowest BCUT2D eigenvalue weighted by atomic mass is 10.1. The predicted molar refractivity (Wildman–Crippen MR) is 76.9 cm³/mol. The number of nitro benzene ring substituents is 1. The molecule has 1 aliphatic rings. The number of piperidine rings is 1. The Morgan fingerprint density at radius 2 is 2.40 bits per heavy atom. The molecule has 0 bridgehead atoms. The molecular formula is C13H17N5O2. The fourth-order valence-corrected chi connectivity index (χ4v) is 2.66. The highest BCUT2D eigenvalue weighted by atomic mass is 16.6. The van der Waals surface area contributed by atoms with E-state index >= 15 is 0 Å². The van der Waals surface area contributed by atoms with Crippen molar-refractivity contribution >= 4 is 22.7 Å². The summed E-state index contributed by atoms with van der Waals surface area (Å²) < 4.78 is 0. The Labute approximate surface area is 116 Å². The van der Waals surface area contributed by atoms with Crippen molar-refractivity contribution in [3.8, 4) is 0 Å². The van der Waals surface area contributed by atoms with Crippen LogP contribution in [0.15, 0.2) is 18.2 Å². The second kappa shape index (κ2) is 5.09. The van der Waals surface area contributed by atoms with Crippen molar-refractivity contribution in [2.45, 2.75) is 18.9 Å². The van der Waals surface area contributed by atoms with E-state index < -0.39 is 4.92 Å². The maximum Gasteiger partial charge on any atom is 0.271 e. The summed E-state index contributed by atoms with van der Waals surface area (Å²) in [7, 11) is 2.11. The monoisotopic (exact) mass is 275 g/mol. The summed E-state index contributed by atoms with van der Waals surface area (Å²) in [5, 5.41) is 14.1. The van der Waals surface area contributed by atoms with Gasteiger partial charge in [0.05, 0.1) is 16.0 Å². The van der Waals surface area contributed by atoms with Crippen LogP contribution in [0.5, 0.6) is 0 Å². The summed E-state index contributed by atoms with van der Waals surface area (Å²) in [5.74, 6) is 0.681. The number of likely N-dealkylation sites (N-methyl/N-ethyl adjacent to an activating group) is 1. The first-order chi connectivity index (χ1) is 9.61. The highest BCUT2D eigenvalue weighted by molar-refractivity contribution is 5.79. The predicted octanol–water partition coefficient (Wildman–Crippen LogP) is 1.98. The number of likely N-dealkylation sites (tertiary alicyclic amines) is 1. The molecule has 0 amide bonds. The van der Waals surface area contributed by atoms with Crippen LogP contribution < -0.4 is 5.32 Å². The molecule has 2 aromatic rings. The highest BCUT2D eigenvalue weighted by Gasteiger charge is 2.18. The summed E-state index contributed by atoms with van der Waals surface area (Å²) in [6.07, 6.45) is 2.28. The van der Waals surface area contributed by atoms with Crippen molar-refractivity contribution in [3.63, 3.8) is 0 Å². The number of imidazole rings is 1. The van der Waals surface area contributed by atoms with Crippen LogP contribution in [0.3, 0.4) is 0 Å². The lowest BCUT2D eigenvalue weighted by Crippen LogP contribution is -2.39. The van der Waals surface area contributed by atoms with Crippen molar-refractivity contribution < 1.29 is 4.92 Å². The van der Waals surface area contributed by atoms with Gasteiger partial charge in [0, 0.05) is 24.7 Å². The van der Waals surface area contributed by atoms with Crippen LogP contribution in [-0.4, -0.2) is 46.0 Å². The number of nitrogens with one attached hydrogen (secondary N) is 2. The molecule has 0 radical (unpaired) electrons. The minimum atomic E-state index is -0.399. The quantitative estimate of drug-likeness (QED) is 0.660. The van der Waals surface area contributed by atoms with Gasteiger partial charge in [0.25, 0.3) is 5.69 Å². The molecule has 20 heavy (non-hydrogen) atoms. The van der Waals surface area contributed by atoms with Crippen LogP contribution in [0.2, 0.25) is 0 Å². The first-order valence-electron chi connectivity index (χ1n) is 6.71. The molecule has 1 aromatic carbocycles. The molecule has 7 heteroatoms. The van der Waals surface area contributed by atoms with E-state index in [0.717, 1.165) is 25.0 Å². The zero-order valence-corrected chi connectivity index (χ0v) is 11.3. The van der Waals surface area contributed by atoms with E-state index in [2.05, 4.69) is 27.2 Å². The summed E-state index contributed by atoms with van der Waals surface area (Å²) in [6, 6.07) is 5.02. The standard InChI is InChI=1S/C13H17N5O2/c1-17-6-2-3-9(8-17)14-13-15-11-5-4-10(18(19)20)7-12(11)16-13/h4-5,7,9H,2-3,6,8H2,1H3,(H2,14,15,16). The number of aromatic amines is 1. The van der Waals surface area contributed by atoms with Gasteiger partial charge in [0.1, 0.15) is 0 Å². The summed E-state index contributed by atoms with van der Waals surface area (Å²) in [5.41, 5.74) is 1.50. The third-order valence-corrected chi connectivity index (χ3v) is 3.64. The number of nitro groups is 1. The number of H-pyrrole nitrogens is 1. The Morgan fingerprint density at radius 1 is 1.55 bits per heavy atom. The molecule has 7 nitrogen and oxygen atoms in total. The van der Waals surface area contributed by atoms with E-state index in [-0.39, 0.29) is 5.69 Å². The molecule has 3 rings (SSSR count). The Morgan fingerprint density at radius 3 is 3.15 bits per heavy atom. The van der Waals surface area contributed by atoms with Gasteiger partial charge < -0.3 is 15.2 Å². The van der Waals surface area contributed by atoms with Gasteiger partial charge in [-0.25, -0.2) is 4.98 Å². The number of fused-ring (bicyclic) bond motifs is 1. The third-order valence-electron chi connectivity index (χ3n) is 3.64. The molecule has 0 aliphatic carbocycles. The Balaban J connectivity index is 1.80. The van der Waals surface area contributed by atoms with E-state index in [1.165, 1.54) is 18.6 Å². The molecule has 1 fully saturated rings. The van der Waals surface area contributed by atoms with Crippen molar-refractivity contribution in [1.82, 2.24) is 14.9 Å². The number of hydrogen-bond acceptors (Lipinski definition) is 5. The SMILES string of the molecule is CN1CCCC(Nc2nc3ccc([N+](=O)[O-])cc3[nH]2)C1. The molecule has 106 valence electrons. The molecule has 0 saturated carbocycles. The maximum absolute atomic E-state index is 10.8. The largest absolute Gasteiger partial charge is 0.352 e. The zero-order chi connectivity index (χ0) is 14.1. The molecule has 2 heterocycles. The fraction of sp³-hybridized carbons (Fsp3) is 0.462. The van der Waals surface area contributed by atoms with E-state index in [1.807, 2.05) is 0 Å². The number of rotatable bonds is 3. The highest BCUT2D eigenvalue weighted by Crippen LogP contribution is 2.21. The zero-order valence-electron chi connectivity index (χ0n) is 11.3.